The molecule has 0 saturated carbocycles. The third-order valence-corrected chi connectivity index (χ3v) is 5.45. The monoisotopic (exact) mass is 574 g/mol. The Kier molecular flexibility index (Phi) is 8.90. The summed E-state index contributed by atoms with van der Waals surface area (Å²) < 4.78 is 79.0. The predicted molar refractivity (Wildman–Crippen MR) is 123 cm³/mol. The quantitative estimate of drug-likeness (QED) is 0.282. The number of alkyl halides is 6. The molecule has 16 heteroatoms. The molecule has 0 spiro atoms. The number of carboxylic acid groups (broad SMARTS) is 2. The van der Waals surface area contributed by atoms with Gasteiger partial charge < -0.3 is 14.9 Å². The fourth-order valence-electron chi connectivity index (χ4n) is 2.85. The first kappa shape index (κ1) is 29.1. The van der Waals surface area contributed by atoms with E-state index >= 15 is 0 Å². The van der Waals surface area contributed by atoms with Gasteiger partial charge in [0.05, 0.1) is 35.3 Å². The van der Waals surface area contributed by atoms with Crippen molar-refractivity contribution in [1.82, 2.24) is 19.7 Å². The Morgan fingerprint density at radius 1 is 1.05 bits per heavy atom. The number of hydrogen-bond acceptors (Lipinski definition) is 7. The Morgan fingerprint density at radius 2 is 1.77 bits per heavy atom. The van der Waals surface area contributed by atoms with Crippen molar-refractivity contribution < 1.29 is 50.9 Å². The third kappa shape index (κ3) is 8.53. The minimum Gasteiger partial charge on any atom is -0.487 e. The molecule has 0 atom stereocenters. The van der Waals surface area contributed by atoms with Gasteiger partial charge in [0, 0.05) is 23.3 Å². The first-order valence-electron chi connectivity index (χ1n) is 10.5. The second-order valence-corrected chi connectivity index (χ2v) is 8.46. The summed E-state index contributed by atoms with van der Waals surface area (Å²) >= 11 is 1.23. The number of thiazole rings is 1. The van der Waals surface area contributed by atoms with Gasteiger partial charge in [0.25, 0.3) is 0 Å². The topological polar surface area (TPSA) is 127 Å². The first-order chi connectivity index (χ1) is 18.2. The van der Waals surface area contributed by atoms with E-state index in [1.54, 1.807) is 29.8 Å². The van der Waals surface area contributed by atoms with Crippen molar-refractivity contribution in [3.8, 4) is 17.0 Å². The average Bonchev–Trinajstić information content (AvgIpc) is 3.53. The van der Waals surface area contributed by atoms with Crippen LogP contribution in [0.1, 0.15) is 26.6 Å². The largest absolute Gasteiger partial charge is 0.490 e. The van der Waals surface area contributed by atoms with Crippen LogP contribution in [0, 0.1) is 0 Å². The van der Waals surface area contributed by atoms with Crippen LogP contribution in [0.25, 0.3) is 11.3 Å². The molecule has 39 heavy (non-hydrogen) atoms. The summed E-state index contributed by atoms with van der Waals surface area (Å²) in [4.78, 5) is 28.4. The zero-order valence-corrected chi connectivity index (χ0v) is 20.1. The average molecular weight is 574 g/mol. The van der Waals surface area contributed by atoms with E-state index in [4.69, 9.17) is 19.7 Å². The van der Waals surface area contributed by atoms with Crippen molar-refractivity contribution in [2.45, 2.75) is 25.5 Å². The van der Waals surface area contributed by atoms with Crippen LogP contribution < -0.4 is 4.74 Å². The molecule has 0 radical (unpaired) electrons. The Labute approximate surface area is 219 Å². The molecular weight excluding hydrogens is 558 g/mol. The van der Waals surface area contributed by atoms with Gasteiger partial charge >= 0.3 is 24.3 Å². The Hall–Kier alpha value is -4.47. The zero-order valence-electron chi connectivity index (χ0n) is 19.3. The number of halogens is 6. The number of aliphatic carboxylic acids is 1. The summed E-state index contributed by atoms with van der Waals surface area (Å²) in [7, 11) is 0. The van der Waals surface area contributed by atoms with Gasteiger partial charge in [-0.2, -0.15) is 31.4 Å². The van der Waals surface area contributed by atoms with E-state index in [1.165, 1.54) is 34.5 Å². The lowest BCUT2D eigenvalue weighted by atomic mass is 10.1. The van der Waals surface area contributed by atoms with E-state index in [-0.39, 0.29) is 30.0 Å². The van der Waals surface area contributed by atoms with E-state index in [0.717, 1.165) is 12.1 Å². The van der Waals surface area contributed by atoms with Crippen molar-refractivity contribution in [3.63, 3.8) is 0 Å². The smallest absolute Gasteiger partial charge is 0.487 e. The highest BCUT2D eigenvalue weighted by atomic mass is 32.1. The summed E-state index contributed by atoms with van der Waals surface area (Å²) in [5, 5.41) is 22.3. The molecule has 206 valence electrons. The number of nitrogens with zero attached hydrogens (tertiary/aromatic N) is 4. The van der Waals surface area contributed by atoms with Gasteiger partial charge in [0.2, 0.25) is 0 Å². The van der Waals surface area contributed by atoms with Gasteiger partial charge in [-0.1, -0.05) is 6.07 Å². The number of pyridine rings is 1. The van der Waals surface area contributed by atoms with Crippen LogP contribution in [-0.4, -0.2) is 48.1 Å². The van der Waals surface area contributed by atoms with Crippen LogP contribution in [0.15, 0.2) is 60.4 Å². The normalized spacial score (nSPS) is 11.4. The zero-order chi connectivity index (χ0) is 28.8. The molecule has 2 N–H and O–H groups in total. The van der Waals surface area contributed by atoms with Crippen molar-refractivity contribution >= 4 is 23.3 Å². The minimum atomic E-state index is -5.08. The van der Waals surface area contributed by atoms with Crippen molar-refractivity contribution in [2.75, 3.05) is 0 Å². The molecule has 0 unspecified atom stereocenters. The van der Waals surface area contributed by atoms with E-state index in [9.17, 15) is 31.1 Å². The van der Waals surface area contributed by atoms with Crippen LogP contribution >= 0.6 is 11.3 Å². The van der Waals surface area contributed by atoms with Crippen LogP contribution in [-0.2, 0) is 24.1 Å². The summed E-state index contributed by atoms with van der Waals surface area (Å²) in [6, 6.07) is 8.66. The lowest BCUT2D eigenvalue weighted by Gasteiger charge is -2.12. The van der Waals surface area contributed by atoms with E-state index in [1.807, 2.05) is 0 Å². The van der Waals surface area contributed by atoms with Crippen molar-refractivity contribution in [3.05, 3.63) is 82.2 Å². The molecule has 4 aromatic rings. The molecular formula is C23H16F6N4O5S. The van der Waals surface area contributed by atoms with Crippen LogP contribution in [0.2, 0.25) is 0 Å². The maximum atomic E-state index is 13.4. The molecule has 1 aromatic carbocycles. The Bertz CT molecular complexity index is 1440. The maximum absolute atomic E-state index is 13.4. The van der Waals surface area contributed by atoms with Gasteiger partial charge in [-0.3, -0.25) is 9.67 Å². The molecule has 3 aromatic heterocycles. The van der Waals surface area contributed by atoms with Gasteiger partial charge in [0.15, 0.2) is 0 Å². The molecule has 3 heterocycles. The molecule has 0 aliphatic carbocycles. The molecule has 0 aliphatic heterocycles. The lowest BCUT2D eigenvalue weighted by Crippen LogP contribution is -2.21. The molecule has 9 nitrogen and oxygen atoms in total. The number of aromatic carboxylic acids is 1. The molecule has 0 bridgehead atoms. The Morgan fingerprint density at radius 3 is 2.33 bits per heavy atom. The fraction of sp³-hybridized carbons (Fsp3) is 0.174. The van der Waals surface area contributed by atoms with Gasteiger partial charge in [-0.25, -0.2) is 14.6 Å². The lowest BCUT2D eigenvalue weighted by molar-refractivity contribution is -0.192. The number of carbonyl (C=O) groups is 2. The van der Waals surface area contributed by atoms with E-state index in [2.05, 4.69) is 15.1 Å². The molecule has 0 saturated heterocycles. The first-order valence-corrected chi connectivity index (χ1v) is 11.4. The molecule has 0 aliphatic rings. The van der Waals surface area contributed by atoms with Crippen LogP contribution in [0.5, 0.6) is 5.75 Å². The number of rotatable bonds is 7. The number of carboxylic acids is 2. The van der Waals surface area contributed by atoms with Gasteiger partial charge in [-0.05, 0) is 30.3 Å². The highest BCUT2D eigenvalue weighted by molar-refractivity contribution is 7.09. The summed E-state index contributed by atoms with van der Waals surface area (Å²) in [5.74, 6) is -3.81. The number of benzene rings is 1. The number of aromatic nitrogens is 4. The highest BCUT2D eigenvalue weighted by Gasteiger charge is 2.38. The minimum absolute atomic E-state index is 0.0229. The van der Waals surface area contributed by atoms with E-state index in [0.29, 0.717) is 16.4 Å². The third-order valence-electron chi connectivity index (χ3n) is 4.61. The molecule has 0 amide bonds. The van der Waals surface area contributed by atoms with Crippen molar-refractivity contribution in [1.29, 1.82) is 0 Å². The SMILES string of the molecule is O=C(O)C(F)(F)F.O=C(O)c1cnn(Cc2nc(-c3cc(OCc4ccccn4)cc(C(F)(F)F)c3)cs2)c1. The second-order valence-electron chi connectivity index (χ2n) is 7.51. The van der Waals surface area contributed by atoms with Crippen LogP contribution in [0.4, 0.5) is 26.3 Å². The summed E-state index contributed by atoms with van der Waals surface area (Å²) in [6.45, 7) is 0.217. The predicted octanol–water partition coefficient (Wildman–Crippen LogP) is 5.38. The fourth-order valence-corrected chi connectivity index (χ4v) is 3.64. The summed E-state index contributed by atoms with van der Waals surface area (Å²) in [5.41, 5.74) is 0.380. The molecule has 4 rings (SSSR count). The van der Waals surface area contributed by atoms with Gasteiger partial charge in [0.1, 0.15) is 17.4 Å². The summed E-state index contributed by atoms with van der Waals surface area (Å²) in [6.07, 6.45) is -5.49. The number of hydrogen-bond donors (Lipinski definition) is 2. The standard InChI is InChI=1S/C21H15F3N4O3S.C2HF3O2/c22-21(23,24)15-5-13(6-17(7-15)31-11-16-3-1-2-4-25-16)18-12-32-19(27-18)10-28-9-14(8-26-28)20(29)30;3-2(4,5)1(6)7/h1-9,12H,10-11H2,(H,29,30);(H,6,7). The maximum Gasteiger partial charge on any atom is 0.490 e. The highest BCUT2D eigenvalue weighted by Crippen LogP contribution is 2.36. The second kappa shape index (κ2) is 11.9. The Balaban J connectivity index is 0.000000532. The van der Waals surface area contributed by atoms with Crippen molar-refractivity contribution in [2.24, 2.45) is 0 Å². The van der Waals surface area contributed by atoms with Gasteiger partial charge in [-0.15, -0.1) is 11.3 Å². The molecule has 0 fully saturated rings. The van der Waals surface area contributed by atoms with E-state index < -0.39 is 29.9 Å². The van der Waals surface area contributed by atoms with Crippen LogP contribution in [0.3, 0.4) is 0 Å². The number of ether oxygens (including phenoxy) is 1.